The normalized spacial score (nSPS) is 13.5. The number of hydrogen-bond donors (Lipinski definition) is 0. The summed E-state index contributed by atoms with van der Waals surface area (Å²) in [7, 11) is 0. The Balaban J connectivity index is 0.00000109. The minimum Gasteiger partial charge on any atom is -0.0984 e. The topological polar surface area (TPSA) is 0 Å². The summed E-state index contributed by atoms with van der Waals surface area (Å²) in [5, 5.41) is 0. The number of fused-ring (bicyclic) bond motifs is 3. The van der Waals surface area contributed by atoms with Gasteiger partial charge in [-0.25, -0.2) is 0 Å². The Bertz CT molecular complexity index is 1030. The third-order valence-corrected chi connectivity index (χ3v) is 5.58. The molecule has 0 saturated carbocycles. The Morgan fingerprint density at radius 1 is 0.786 bits per heavy atom. The molecule has 0 N–H and O–H groups in total. The zero-order chi connectivity index (χ0) is 20.3. The molecule has 0 saturated heterocycles. The smallest absolute Gasteiger partial charge is 0.0159 e. The predicted octanol–water partition coefficient (Wildman–Crippen LogP) is 8.36. The van der Waals surface area contributed by atoms with E-state index in [-0.39, 0.29) is 5.41 Å². The van der Waals surface area contributed by atoms with Gasteiger partial charge in [0.1, 0.15) is 0 Å². The van der Waals surface area contributed by atoms with E-state index in [0.717, 1.165) is 0 Å². The van der Waals surface area contributed by atoms with Crippen molar-refractivity contribution in [1.29, 1.82) is 0 Å². The van der Waals surface area contributed by atoms with Crippen LogP contribution in [0, 0.1) is 0 Å². The summed E-state index contributed by atoms with van der Waals surface area (Å²) in [5.41, 5.74) is 10.5. The lowest BCUT2D eigenvalue weighted by Crippen LogP contribution is -2.14. The van der Waals surface area contributed by atoms with Crippen LogP contribution in [0.5, 0.6) is 0 Å². The molecule has 0 heteroatoms. The molecule has 0 unspecified atom stereocenters. The van der Waals surface area contributed by atoms with E-state index in [1.807, 2.05) is 19.9 Å². The fraction of sp³-hybridized carbons (Fsp3) is 0.214. The van der Waals surface area contributed by atoms with Gasteiger partial charge in [0, 0.05) is 5.41 Å². The van der Waals surface area contributed by atoms with Crippen LogP contribution in [0.2, 0.25) is 0 Å². The maximum absolute atomic E-state index is 4.06. The van der Waals surface area contributed by atoms with E-state index in [9.17, 15) is 0 Å². The van der Waals surface area contributed by atoms with Crippen LogP contribution in [-0.4, -0.2) is 0 Å². The molecular weight excluding hydrogens is 336 g/mol. The summed E-state index contributed by atoms with van der Waals surface area (Å²) >= 11 is 0. The SMILES string of the molecule is C=Cc1c(/C=C\C)cccc1-c1ccc2c(c1)C(C)(C)c1ccccc1-2.CC. The highest BCUT2D eigenvalue weighted by Gasteiger charge is 2.35. The molecule has 1 aliphatic carbocycles. The second-order valence-electron chi connectivity index (χ2n) is 7.44. The molecule has 3 aromatic rings. The zero-order valence-corrected chi connectivity index (χ0v) is 17.7. The first kappa shape index (κ1) is 19.9. The second-order valence-corrected chi connectivity index (χ2v) is 7.44. The Labute approximate surface area is 170 Å². The fourth-order valence-corrected chi connectivity index (χ4v) is 4.26. The maximum Gasteiger partial charge on any atom is 0.0159 e. The third kappa shape index (κ3) is 3.14. The summed E-state index contributed by atoms with van der Waals surface area (Å²) in [5.74, 6) is 0. The first-order valence-electron chi connectivity index (χ1n) is 10.2. The van der Waals surface area contributed by atoms with E-state index in [2.05, 4.69) is 100 Å². The molecule has 0 atom stereocenters. The molecular formula is C28H30. The van der Waals surface area contributed by atoms with Crippen molar-refractivity contribution in [3.63, 3.8) is 0 Å². The lowest BCUT2D eigenvalue weighted by Gasteiger charge is -2.22. The van der Waals surface area contributed by atoms with Crippen molar-refractivity contribution in [3.05, 3.63) is 95.6 Å². The van der Waals surface area contributed by atoms with Crippen LogP contribution in [0.4, 0.5) is 0 Å². The maximum atomic E-state index is 4.06. The van der Waals surface area contributed by atoms with E-state index < -0.39 is 0 Å². The molecule has 0 amide bonds. The molecule has 0 heterocycles. The first-order chi connectivity index (χ1) is 13.6. The van der Waals surface area contributed by atoms with Gasteiger partial charge in [-0.2, -0.15) is 0 Å². The molecule has 0 nitrogen and oxygen atoms in total. The third-order valence-electron chi connectivity index (χ3n) is 5.58. The van der Waals surface area contributed by atoms with Crippen molar-refractivity contribution >= 4 is 12.2 Å². The van der Waals surface area contributed by atoms with Crippen LogP contribution in [0.1, 0.15) is 56.9 Å². The molecule has 1 aliphatic rings. The highest BCUT2D eigenvalue weighted by atomic mass is 14.4. The van der Waals surface area contributed by atoms with Gasteiger partial charge >= 0.3 is 0 Å². The van der Waals surface area contributed by atoms with Crippen molar-refractivity contribution in [2.45, 2.75) is 40.0 Å². The van der Waals surface area contributed by atoms with Gasteiger partial charge < -0.3 is 0 Å². The van der Waals surface area contributed by atoms with Crippen LogP contribution in [0.25, 0.3) is 34.4 Å². The average Bonchev–Trinajstić information content (AvgIpc) is 2.97. The van der Waals surface area contributed by atoms with Gasteiger partial charge in [0.05, 0.1) is 0 Å². The van der Waals surface area contributed by atoms with Gasteiger partial charge in [-0.3, -0.25) is 0 Å². The quantitative estimate of drug-likeness (QED) is 0.437. The lowest BCUT2D eigenvalue weighted by atomic mass is 9.81. The van der Waals surface area contributed by atoms with Crippen molar-refractivity contribution in [2.75, 3.05) is 0 Å². The number of rotatable bonds is 3. The van der Waals surface area contributed by atoms with E-state index in [1.165, 1.54) is 44.5 Å². The Morgan fingerprint density at radius 2 is 1.46 bits per heavy atom. The summed E-state index contributed by atoms with van der Waals surface area (Å²) in [6, 6.07) is 22.2. The average molecular weight is 367 g/mol. The largest absolute Gasteiger partial charge is 0.0984 e. The zero-order valence-electron chi connectivity index (χ0n) is 17.7. The molecule has 0 fully saturated rings. The highest BCUT2D eigenvalue weighted by molar-refractivity contribution is 5.86. The molecule has 3 aromatic carbocycles. The van der Waals surface area contributed by atoms with Crippen LogP contribution >= 0.6 is 0 Å². The molecule has 28 heavy (non-hydrogen) atoms. The molecule has 0 aliphatic heterocycles. The Morgan fingerprint density at radius 3 is 2.18 bits per heavy atom. The molecule has 0 bridgehead atoms. The van der Waals surface area contributed by atoms with Crippen LogP contribution in [-0.2, 0) is 5.41 Å². The van der Waals surface area contributed by atoms with Gasteiger partial charge in [-0.05, 0) is 57.5 Å². The summed E-state index contributed by atoms with van der Waals surface area (Å²) in [4.78, 5) is 0. The molecule has 142 valence electrons. The number of allylic oxidation sites excluding steroid dienone is 1. The Hall–Kier alpha value is -2.86. The van der Waals surface area contributed by atoms with Gasteiger partial charge in [-0.15, -0.1) is 0 Å². The highest BCUT2D eigenvalue weighted by Crippen LogP contribution is 2.49. The lowest BCUT2D eigenvalue weighted by molar-refractivity contribution is 0.660. The molecule has 4 rings (SSSR count). The number of hydrogen-bond acceptors (Lipinski definition) is 0. The molecule has 0 radical (unpaired) electrons. The number of benzene rings is 3. The van der Waals surface area contributed by atoms with Crippen LogP contribution < -0.4 is 0 Å². The van der Waals surface area contributed by atoms with Gasteiger partial charge in [0.25, 0.3) is 0 Å². The summed E-state index contributed by atoms with van der Waals surface area (Å²) in [6.07, 6.45) is 6.19. The van der Waals surface area contributed by atoms with E-state index in [0.29, 0.717) is 0 Å². The monoisotopic (exact) mass is 366 g/mol. The molecule has 0 spiro atoms. The standard InChI is InChI=1S/C26H24.C2H6/c1-5-10-18-11-9-13-21(20(18)6-2)19-15-16-23-22-12-7-8-14-24(22)26(3,4)25(23)17-19;1-2/h5-17H,2H2,1,3-4H3;1-2H3/b10-5-;. The van der Waals surface area contributed by atoms with Crippen LogP contribution in [0.3, 0.4) is 0 Å². The van der Waals surface area contributed by atoms with Crippen molar-refractivity contribution in [1.82, 2.24) is 0 Å². The minimum atomic E-state index is 0.0250. The summed E-state index contributed by atoms with van der Waals surface area (Å²) in [6.45, 7) is 14.8. The van der Waals surface area contributed by atoms with Gasteiger partial charge in [-0.1, -0.05) is 107 Å². The van der Waals surface area contributed by atoms with Crippen LogP contribution in [0.15, 0.2) is 73.3 Å². The van der Waals surface area contributed by atoms with E-state index in [4.69, 9.17) is 0 Å². The minimum absolute atomic E-state index is 0.0250. The molecule has 0 aromatic heterocycles. The van der Waals surface area contributed by atoms with Gasteiger partial charge in [0.2, 0.25) is 0 Å². The second kappa shape index (κ2) is 8.02. The summed E-state index contributed by atoms with van der Waals surface area (Å²) < 4.78 is 0. The Kier molecular flexibility index (Phi) is 5.70. The first-order valence-corrected chi connectivity index (χ1v) is 10.2. The van der Waals surface area contributed by atoms with E-state index >= 15 is 0 Å². The fourth-order valence-electron chi connectivity index (χ4n) is 4.26. The van der Waals surface area contributed by atoms with Gasteiger partial charge in [0.15, 0.2) is 0 Å². The van der Waals surface area contributed by atoms with Crippen molar-refractivity contribution < 1.29 is 0 Å². The van der Waals surface area contributed by atoms with E-state index in [1.54, 1.807) is 0 Å². The predicted molar refractivity (Wildman–Crippen MR) is 126 cm³/mol. The van der Waals surface area contributed by atoms with Crippen molar-refractivity contribution in [3.8, 4) is 22.3 Å². The van der Waals surface area contributed by atoms with Crippen molar-refractivity contribution in [2.24, 2.45) is 0 Å².